The molecule has 1 N–H and O–H groups in total. The molecule has 1 aromatic rings. The Hall–Kier alpha value is -1.68. The number of aliphatic hydroxyl groups excluding tert-OH is 1. The Morgan fingerprint density at radius 1 is 1.33 bits per heavy atom. The van der Waals surface area contributed by atoms with Gasteiger partial charge in [-0.2, -0.15) is 0 Å². The predicted octanol–water partition coefficient (Wildman–Crippen LogP) is 2.27. The van der Waals surface area contributed by atoms with E-state index in [9.17, 15) is 5.11 Å². The van der Waals surface area contributed by atoms with E-state index in [0.717, 1.165) is 11.5 Å². The largest absolute Gasteiger partial charge is 0.390 e. The lowest BCUT2D eigenvalue weighted by molar-refractivity contribution is 0.276. The lowest BCUT2D eigenvalue weighted by Crippen LogP contribution is -2.25. The first-order chi connectivity index (χ1) is 8.63. The third-order valence-electron chi connectivity index (χ3n) is 2.57. The zero-order valence-electron chi connectivity index (χ0n) is 11.1. The Morgan fingerprint density at radius 3 is 2.39 bits per heavy atom. The molecule has 0 aliphatic heterocycles. The summed E-state index contributed by atoms with van der Waals surface area (Å²) in [4.78, 5) is 10.8. The van der Waals surface area contributed by atoms with Gasteiger partial charge in [0.2, 0.25) is 0 Å². The first-order valence-electron chi connectivity index (χ1n) is 6.07. The first kappa shape index (κ1) is 14.4. The van der Waals surface area contributed by atoms with E-state index in [0.29, 0.717) is 18.8 Å². The third-order valence-corrected chi connectivity index (χ3v) is 2.57. The van der Waals surface area contributed by atoms with E-state index in [1.54, 1.807) is 18.3 Å². The van der Waals surface area contributed by atoms with Crippen LogP contribution < -0.4 is 4.90 Å². The molecule has 0 spiro atoms. The standard InChI is InChI=1S/C14H21N3O/c1-5-7-17(8-6-2)13-9-15-14(11(3)4)16-12(13)10-18/h5-6,9,11,18H,1-2,7-8,10H2,3-4H3. The van der Waals surface area contributed by atoms with Gasteiger partial charge in [0.05, 0.1) is 24.2 Å². The minimum atomic E-state index is -0.0949. The van der Waals surface area contributed by atoms with Gasteiger partial charge >= 0.3 is 0 Å². The summed E-state index contributed by atoms with van der Waals surface area (Å²) in [6.07, 6.45) is 5.38. The number of anilines is 1. The fraction of sp³-hybridized carbons (Fsp3) is 0.429. The Kier molecular flexibility index (Phi) is 5.52. The quantitative estimate of drug-likeness (QED) is 0.751. The normalized spacial score (nSPS) is 10.4. The molecule has 0 aliphatic carbocycles. The van der Waals surface area contributed by atoms with Crippen molar-refractivity contribution in [2.24, 2.45) is 0 Å². The average Bonchev–Trinajstić information content (AvgIpc) is 2.37. The molecule has 1 aromatic heterocycles. The van der Waals surface area contributed by atoms with E-state index in [1.165, 1.54) is 0 Å². The molecule has 0 atom stereocenters. The third kappa shape index (κ3) is 3.40. The Morgan fingerprint density at radius 2 is 1.94 bits per heavy atom. The zero-order valence-corrected chi connectivity index (χ0v) is 11.1. The van der Waals surface area contributed by atoms with Crippen LogP contribution in [0.15, 0.2) is 31.5 Å². The van der Waals surface area contributed by atoms with Crippen molar-refractivity contribution in [3.05, 3.63) is 43.0 Å². The van der Waals surface area contributed by atoms with Crippen LogP contribution in [0.5, 0.6) is 0 Å². The van der Waals surface area contributed by atoms with Crippen molar-refractivity contribution >= 4 is 5.69 Å². The van der Waals surface area contributed by atoms with E-state index in [2.05, 4.69) is 23.1 Å². The Bertz CT molecular complexity index is 406. The van der Waals surface area contributed by atoms with E-state index in [1.807, 2.05) is 18.7 Å². The SMILES string of the molecule is C=CCN(CC=C)c1cnc(C(C)C)nc1CO. The van der Waals surface area contributed by atoms with Gasteiger partial charge in [-0.15, -0.1) is 13.2 Å². The van der Waals surface area contributed by atoms with Crippen molar-refractivity contribution in [1.29, 1.82) is 0 Å². The fourth-order valence-electron chi connectivity index (χ4n) is 1.67. The van der Waals surface area contributed by atoms with Gasteiger partial charge in [-0.25, -0.2) is 9.97 Å². The molecule has 4 nitrogen and oxygen atoms in total. The molecule has 0 aliphatic rings. The van der Waals surface area contributed by atoms with Crippen LogP contribution in [0.3, 0.4) is 0 Å². The van der Waals surface area contributed by atoms with Crippen LogP contribution in [-0.2, 0) is 6.61 Å². The summed E-state index contributed by atoms with van der Waals surface area (Å²) < 4.78 is 0. The van der Waals surface area contributed by atoms with Gasteiger partial charge in [0, 0.05) is 19.0 Å². The van der Waals surface area contributed by atoms with Gasteiger partial charge in [-0.3, -0.25) is 0 Å². The molecule has 0 saturated carbocycles. The van der Waals surface area contributed by atoms with Crippen molar-refractivity contribution in [1.82, 2.24) is 9.97 Å². The van der Waals surface area contributed by atoms with Crippen molar-refractivity contribution < 1.29 is 5.11 Å². The van der Waals surface area contributed by atoms with Crippen molar-refractivity contribution in [3.8, 4) is 0 Å². The molecule has 0 fully saturated rings. The van der Waals surface area contributed by atoms with Crippen molar-refractivity contribution in [2.75, 3.05) is 18.0 Å². The summed E-state index contributed by atoms with van der Waals surface area (Å²) in [5.74, 6) is 0.997. The highest BCUT2D eigenvalue weighted by Gasteiger charge is 2.13. The number of nitrogens with zero attached hydrogens (tertiary/aromatic N) is 3. The van der Waals surface area contributed by atoms with Gasteiger partial charge in [-0.05, 0) is 0 Å². The first-order valence-corrected chi connectivity index (χ1v) is 6.07. The van der Waals surface area contributed by atoms with Crippen LogP contribution in [0.25, 0.3) is 0 Å². The molecule has 0 amide bonds. The van der Waals surface area contributed by atoms with E-state index >= 15 is 0 Å². The summed E-state index contributed by atoms with van der Waals surface area (Å²) in [6.45, 7) is 12.8. The lowest BCUT2D eigenvalue weighted by atomic mass is 10.2. The van der Waals surface area contributed by atoms with Crippen LogP contribution in [0.2, 0.25) is 0 Å². The van der Waals surface area contributed by atoms with Crippen LogP contribution >= 0.6 is 0 Å². The second kappa shape index (κ2) is 6.91. The second-order valence-corrected chi connectivity index (χ2v) is 4.36. The fourth-order valence-corrected chi connectivity index (χ4v) is 1.67. The smallest absolute Gasteiger partial charge is 0.131 e. The molecule has 1 heterocycles. The van der Waals surface area contributed by atoms with Crippen LogP contribution in [0, 0.1) is 0 Å². The highest BCUT2D eigenvalue weighted by molar-refractivity contribution is 5.50. The number of aromatic nitrogens is 2. The zero-order chi connectivity index (χ0) is 13.5. The molecule has 1 rings (SSSR count). The molecule has 18 heavy (non-hydrogen) atoms. The molecule has 0 unspecified atom stereocenters. The van der Waals surface area contributed by atoms with E-state index in [-0.39, 0.29) is 12.5 Å². The summed E-state index contributed by atoms with van der Waals surface area (Å²) in [5, 5.41) is 9.44. The van der Waals surface area contributed by atoms with E-state index < -0.39 is 0 Å². The molecular weight excluding hydrogens is 226 g/mol. The molecule has 0 saturated heterocycles. The molecule has 98 valence electrons. The maximum absolute atomic E-state index is 9.44. The molecule has 0 aromatic carbocycles. The van der Waals surface area contributed by atoms with Crippen LogP contribution in [0.1, 0.15) is 31.3 Å². The minimum absolute atomic E-state index is 0.0949. The highest BCUT2D eigenvalue weighted by Crippen LogP contribution is 2.20. The minimum Gasteiger partial charge on any atom is -0.390 e. The number of hydrogen-bond acceptors (Lipinski definition) is 4. The van der Waals surface area contributed by atoms with Gasteiger partial charge in [-0.1, -0.05) is 26.0 Å². The number of aliphatic hydroxyl groups is 1. The molecule has 0 radical (unpaired) electrons. The van der Waals surface area contributed by atoms with Gasteiger partial charge < -0.3 is 10.0 Å². The summed E-state index contributed by atoms with van der Waals surface area (Å²) in [6, 6.07) is 0. The highest BCUT2D eigenvalue weighted by atomic mass is 16.3. The van der Waals surface area contributed by atoms with Gasteiger partial charge in [0.1, 0.15) is 5.82 Å². The maximum Gasteiger partial charge on any atom is 0.131 e. The monoisotopic (exact) mass is 247 g/mol. The number of hydrogen-bond donors (Lipinski definition) is 1. The van der Waals surface area contributed by atoms with E-state index in [4.69, 9.17) is 0 Å². The summed E-state index contributed by atoms with van der Waals surface area (Å²) in [5.41, 5.74) is 1.49. The summed E-state index contributed by atoms with van der Waals surface area (Å²) >= 11 is 0. The maximum atomic E-state index is 9.44. The molecule has 0 bridgehead atoms. The molecule has 4 heteroatoms. The average molecular weight is 247 g/mol. The van der Waals surface area contributed by atoms with Crippen LogP contribution in [-0.4, -0.2) is 28.2 Å². The summed E-state index contributed by atoms with van der Waals surface area (Å²) in [7, 11) is 0. The van der Waals surface area contributed by atoms with Crippen molar-refractivity contribution in [3.63, 3.8) is 0 Å². The lowest BCUT2D eigenvalue weighted by Gasteiger charge is -2.23. The molecular formula is C14H21N3O. The Balaban J connectivity index is 3.12. The Labute approximate surface area is 109 Å². The topological polar surface area (TPSA) is 49.2 Å². The predicted molar refractivity (Wildman–Crippen MR) is 74.7 cm³/mol. The van der Waals surface area contributed by atoms with Crippen molar-refractivity contribution in [2.45, 2.75) is 26.4 Å². The van der Waals surface area contributed by atoms with Gasteiger partial charge in [0.25, 0.3) is 0 Å². The van der Waals surface area contributed by atoms with Crippen LogP contribution in [0.4, 0.5) is 5.69 Å². The second-order valence-electron chi connectivity index (χ2n) is 4.36. The number of rotatable bonds is 7. The van der Waals surface area contributed by atoms with Gasteiger partial charge in [0.15, 0.2) is 0 Å².